The number of aryl methyl sites for hydroxylation is 1. The van der Waals surface area contributed by atoms with Crippen LogP contribution in [-0.4, -0.2) is 17.5 Å². The average Bonchev–Trinajstić information content (AvgIpc) is 2.54. The number of rotatable bonds is 5. The van der Waals surface area contributed by atoms with Gasteiger partial charge in [0.15, 0.2) is 5.96 Å². The molecule has 0 amide bonds. The third-order valence-corrected chi connectivity index (χ3v) is 4.30. The van der Waals surface area contributed by atoms with E-state index >= 15 is 0 Å². The monoisotopic (exact) mass is 502 g/mol. The molecule has 0 radical (unpaired) electrons. The fourth-order valence-corrected chi connectivity index (χ4v) is 2.90. The summed E-state index contributed by atoms with van der Waals surface area (Å²) in [5.41, 5.74) is 3.36. The highest BCUT2D eigenvalue weighted by atomic mass is 127. The van der Waals surface area contributed by atoms with Crippen molar-refractivity contribution in [3.8, 4) is 0 Å². The third-order valence-electron chi connectivity index (χ3n) is 3.57. The SMILES string of the molecule is CCNC(=NCc1ncccc1C)NC(C)c1ccccc1Br.I. The first kappa shape index (κ1) is 20.9. The van der Waals surface area contributed by atoms with Gasteiger partial charge >= 0.3 is 0 Å². The van der Waals surface area contributed by atoms with E-state index in [-0.39, 0.29) is 30.0 Å². The zero-order chi connectivity index (χ0) is 16.7. The maximum Gasteiger partial charge on any atom is 0.192 e. The standard InChI is InChI=1S/C18H23BrN4.HI/c1-4-20-18(22-12-17-13(2)8-7-11-21-17)23-14(3)15-9-5-6-10-16(15)19;/h5-11,14H,4,12H2,1-3H3,(H2,20,22,23);1H. The van der Waals surface area contributed by atoms with Crippen molar-refractivity contribution in [3.63, 3.8) is 0 Å². The van der Waals surface area contributed by atoms with Gasteiger partial charge in [-0.15, -0.1) is 24.0 Å². The Balaban J connectivity index is 0.00000288. The van der Waals surface area contributed by atoms with Crippen molar-refractivity contribution in [1.82, 2.24) is 15.6 Å². The first-order chi connectivity index (χ1) is 11.1. The lowest BCUT2D eigenvalue weighted by atomic mass is 10.1. The fourth-order valence-electron chi connectivity index (χ4n) is 2.27. The molecule has 1 unspecified atom stereocenters. The summed E-state index contributed by atoms with van der Waals surface area (Å²) in [5.74, 6) is 0.792. The number of pyridine rings is 1. The van der Waals surface area contributed by atoms with Gasteiger partial charge in [0.05, 0.1) is 18.3 Å². The Bertz CT molecular complexity index is 676. The quantitative estimate of drug-likeness (QED) is 0.357. The van der Waals surface area contributed by atoms with Crippen LogP contribution >= 0.6 is 39.9 Å². The third kappa shape index (κ3) is 6.05. The molecule has 0 saturated carbocycles. The molecule has 4 nitrogen and oxygen atoms in total. The summed E-state index contributed by atoms with van der Waals surface area (Å²) in [6.45, 7) is 7.62. The molecule has 6 heteroatoms. The van der Waals surface area contributed by atoms with Crippen LogP contribution in [0, 0.1) is 6.92 Å². The minimum absolute atomic E-state index is 0. The second kappa shape index (κ2) is 10.7. The van der Waals surface area contributed by atoms with Gasteiger partial charge in [0, 0.05) is 17.2 Å². The van der Waals surface area contributed by atoms with Gasteiger partial charge in [-0.2, -0.15) is 0 Å². The van der Waals surface area contributed by atoms with Crippen LogP contribution in [0.5, 0.6) is 0 Å². The van der Waals surface area contributed by atoms with Crippen molar-refractivity contribution in [2.24, 2.45) is 4.99 Å². The molecule has 1 aromatic heterocycles. The number of nitrogens with one attached hydrogen (secondary N) is 2. The van der Waals surface area contributed by atoms with Crippen LogP contribution in [0.3, 0.4) is 0 Å². The number of aliphatic imine (C=N–C) groups is 1. The van der Waals surface area contributed by atoms with E-state index in [2.05, 4.69) is 75.5 Å². The summed E-state index contributed by atoms with van der Waals surface area (Å²) in [4.78, 5) is 9.05. The predicted molar refractivity (Wildman–Crippen MR) is 115 cm³/mol. The molecule has 0 saturated heterocycles. The summed E-state index contributed by atoms with van der Waals surface area (Å²) < 4.78 is 1.09. The van der Waals surface area contributed by atoms with Crippen molar-refractivity contribution >= 4 is 45.9 Å². The lowest BCUT2D eigenvalue weighted by Gasteiger charge is -2.19. The van der Waals surface area contributed by atoms with Crippen LogP contribution in [0.2, 0.25) is 0 Å². The van der Waals surface area contributed by atoms with Crippen molar-refractivity contribution in [1.29, 1.82) is 0 Å². The lowest BCUT2D eigenvalue weighted by molar-refractivity contribution is 0.683. The number of hydrogen-bond acceptors (Lipinski definition) is 2. The molecule has 2 rings (SSSR count). The smallest absolute Gasteiger partial charge is 0.192 e. The number of halogens is 2. The van der Waals surface area contributed by atoms with E-state index in [4.69, 9.17) is 0 Å². The highest BCUT2D eigenvalue weighted by molar-refractivity contribution is 14.0. The number of hydrogen-bond donors (Lipinski definition) is 2. The number of aromatic nitrogens is 1. The predicted octanol–water partition coefficient (Wildman–Crippen LogP) is 4.59. The molecule has 0 fully saturated rings. The van der Waals surface area contributed by atoms with Crippen LogP contribution in [0.4, 0.5) is 0 Å². The highest BCUT2D eigenvalue weighted by Gasteiger charge is 2.10. The second-order valence-electron chi connectivity index (χ2n) is 5.35. The van der Waals surface area contributed by atoms with Gasteiger partial charge in [-0.05, 0) is 44.0 Å². The van der Waals surface area contributed by atoms with E-state index < -0.39 is 0 Å². The Morgan fingerprint density at radius 3 is 2.67 bits per heavy atom. The summed E-state index contributed by atoms with van der Waals surface area (Å²) >= 11 is 3.60. The zero-order valence-electron chi connectivity index (χ0n) is 14.2. The molecule has 0 aliphatic rings. The molecule has 0 bridgehead atoms. The topological polar surface area (TPSA) is 49.3 Å². The molecule has 130 valence electrons. The van der Waals surface area contributed by atoms with Gasteiger partial charge in [-0.25, -0.2) is 4.99 Å². The molecule has 24 heavy (non-hydrogen) atoms. The molecule has 1 atom stereocenters. The molecular formula is C18H24BrIN4. The van der Waals surface area contributed by atoms with E-state index in [0.717, 1.165) is 28.2 Å². The highest BCUT2D eigenvalue weighted by Crippen LogP contribution is 2.22. The average molecular weight is 503 g/mol. The fraction of sp³-hybridized carbons (Fsp3) is 0.333. The van der Waals surface area contributed by atoms with Crippen molar-refractivity contribution in [2.45, 2.75) is 33.4 Å². The number of nitrogens with zero attached hydrogens (tertiary/aromatic N) is 2. The Morgan fingerprint density at radius 1 is 1.25 bits per heavy atom. The Hall–Kier alpha value is -1.15. The van der Waals surface area contributed by atoms with E-state index in [9.17, 15) is 0 Å². The lowest BCUT2D eigenvalue weighted by Crippen LogP contribution is -2.38. The van der Waals surface area contributed by atoms with Gasteiger partial charge in [0.2, 0.25) is 0 Å². The Morgan fingerprint density at radius 2 is 2.00 bits per heavy atom. The summed E-state index contributed by atoms with van der Waals surface area (Å²) in [6.07, 6.45) is 1.81. The Kier molecular flexibility index (Phi) is 9.28. The largest absolute Gasteiger partial charge is 0.357 e. The van der Waals surface area contributed by atoms with E-state index in [1.807, 2.05) is 24.4 Å². The minimum Gasteiger partial charge on any atom is -0.357 e. The van der Waals surface area contributed by atoms with Crippen LogP contribution in [0.1, 0.15) is 36.7 Å². The van der Waals surface area contributed by atoms with Crippen LogP contribution < -0.4 is 10.6 Å². The van der Waals surface area contributed by atoms with E-state index in [0.29, 0.717) is 6.54 Å². The van der Waals surface area contributed by atoms with E-state index in [1.54, 1.807) is 0 Å². The molecule has 2 aromatic rings. The molecule has 1 aromatic carbocycles. The molecular weight excluding hydrogens is 479 g/mol. The summed E-state index contributed by atoms with van der Waals surface area (Å²) in [7, 11) is 0. The van der Waals surface area contributed by atoms with Crippen LogP contribution in [-0.2, 0) is 6.54 Å². The van der Waals surface area contributed by atoms with Gasteiger partial charge in [0.25, 0.3) is 0 Å². The normalized spacial score (nSPS) is 12.2. The van der Waals surface area contributed by atoms with Gasteiger partial charge in [-0.3, -0.25) is 4.98 Å². The molecule has 2 N–H and O–H groups in total. The minimum atomic E-state index is 0. The maximum absolute atomic E-state index is 4.66. The maximum atomic E-state index is 4.66. The van der Waals surface area contributed by atoms with Crippen molar-refractivity contribution in [3.05, 3.63) is 63.9 Å². The molecule has 0 aliphatic heterocycles. The van der Waals surface area contributed by atoms with Crippen LogP contribution in [0.15, 0.2) is 52.1 Å². The van der Waals surface area contributed by atoms with Gasteiger partial charge in [0.1, 0.15) is 0 Å². The molecule has 1 heterocycles. The first-order valence-electron chi connectivity index (χ1n) is 7.81. The number of benzene rings is 1. The van der Waals surface area contributed by atoms with Crippen molar-refractivity contribution in [2.75, 3.05) is 6.54 Å². The van der Waals surface area contributed by atoms with Crippen molar-refractivity contribution < 1.29 is 0 Å². The first-order valence-corrected chi connectivity index (χ1v) is 8.61. The van der Waals surface area contributed by atoms with Crippen LogP contribution in [0.25, 0.3) is 0 Å². The zero-order valence-corrected chi connectivity index (χ0v) is 18.1. The summed E-state index contributed by atoms with van der Waals surface area (Å²) in [5, 5.41) is 6.73. The molecule has 0 aliphatic carbocycles. The van der Waals surface area contributed by atoms with Gasteiger partial charge in [-0.1, -0.05) is 40.2 Å². The number of guanidine groups is 1. The molecule has 0 spiro atoms. The Labute approximate surface area is 169 Å². The second-order valence-corrected chi connectivity index (χ2v) is 6.20. The summed E-state index contributed by atoms with van der Waals surface area (Å²) in [6, 6.07) is 12.4. The van der Waals surface area contributed by atoms with Gasteiger partial charge < -0.3 is 10.6 Å². The van der Waals surface area contributed by atoms with E-state index in [1.165, 1.54) is 5.56 Å².